The Balaban J connectivity index is 0.000000157. The van der Waals surface area contributed by atoms with Crippen LogP contribution in [0.25, 0.3) is 0 Å². The molecule has 0 amide bonds. The number of hydrogen-bond acceptors (Lipinski definition) is 8. The minimum absolute atomic E-state index is 0.0157. The van der Waals surface area contributed by atoms with Crippen LogP contribution in [-0.2, 0) is 0 Å². The summed E-state index contributed by atoms with van der Waals surface area (Å²) in [7, 11) is 0. The molecule has 562 valence electrons. The summed E-state index contributed by atoms with van der Waals surface area (Å²) in [5.74, 6) is 0. The second-order valence-corrected chi connectivity index (χ2v) is 29.4. The number of nitrogens with zero attached hydrogens (tertiary/aromatic N) is 8. The molecule has 2 aliphatic heterocycles. The number of para-hydroxylation sites is 12. The lowest BCUT2D eigenvalue weighted by atomic mass is 9.33. The number of fused-ring (bicyclic) bond motifs is 4. The minimum atomic E-state index is -0.0157. The van der Waals surface area contributed by atoms with Crippen molar-refractivity contribution >= 4 is 171 Å². The highest BCUT2D eigenvalue weighted by Gasteiger charge is 2.44. The summed E-state index contributed by atoms with van der Waals surface area (Å²) in [5, 5.41) is 0.613. The van der Waals surface area contributed by atoms with Gasteiger partial charge in [-0.15, -0.1) is 0 Å². The van der Waals surface area contributed by atoms with Crippen LogP contribution in [0.2, 0.25) is 5.02 Å². The highest BCUT2D eigenvalue weighted by molar-refractivity contribution is 7.00. The number of rotatable bonds is 20. The van der Waals surface area contributed by atoms with Crippen LogP contribution in [0.3, 0.4) is 0 Å². The molecule has 0 atom stereocenters. The third-order valence-corrected chi connectivity index (χ3v) is 22.2. The van der Waals surface area contributed by atoms with E-state index in [1.807, 2.05) is 36.4 Å². The Kier molecular flexibility index (Phi) is 20.7. The lowest BCUT2D eigenvalue weighted by Crippen LogP contribution is -2.61. The highest BCUT2D eigenvalue weighted by Crippen LogP contribution is 2.52. The van der Waals surface area contributed by atoms with Gasteiger partial charge in [-0.05, 0) is 247 Å². The van der Waals surface area contributed by atoms with Gasteiger partial charge in [0.2, 0.25) is 0 Å². The predicted octanol–water partition coefficient (Wildman–Crippen LogP) is 28.9. The van der Waals surface area contributed by atoms with Gasteiger partial charge in [0, 0.05) is 125 Å². The largest absolute Gasteiger partial charge is 0.311 e. The molecule has 0 unspecified atom stereocenters. The maximum absolute atomic E-state index is 7.78. The zero-order valence-electron chi connectivity index (χ0n) is 64.7. The summed E-state index contributed by atoms with van der Waals surface area (Å²) in [6.45, 7) is -0.0157. The first kappa shape index (κ1) is 72.9. The first-order chi connectivity index (χ1) is 58.5. The van der Waals surface area contributed by atoms with E-state index in [9.17, 15) is 0 Å². The van der Waals surface area contributed by atoms with Crippen LogP contribution < -0.4 is 55.6 Å². The SMILES string of the molecule is Clc1c(N(c2ccccc2)c2cccc(N(c3ccccc3)c3ccccc3)c2)cccc1N(c1ccccc1)c1cccc(N(c2ccccc2)c2ccccc2)c1.c1ccc(N(c2ccccc2)c2ccc3c(c2)N(c2ccccc2)c2cccc4c2B3c2ccc(N(c3ccccc3)c3ccccc3)cc2N4c2ccccc2)cc1. The van der Waals surface area contributed by atoms with Gasteiger partial charge in [0.25, 0.3) is 6.71 Å². The van der Waals surface area contributed by atoms with Crippen molar-refractivity contribution in [3.63, 3.8) is 0 Å². The van der Waals surface area contributed by atoms with Crippen molar-refractivity contribution in [2.45, 2.75) is 0 Å². The van der Waals surface area contributed by atoms with Crippen molar-refractivity contribution in [2.75, 3.05) is 39.2 Å². The van der Waals surface area contributed by atoms with Crippen molar-refractivity contribution in [2.24, 2.45) is 0 Å². The quantitative estimate of drug-likeness (QED) is 0.0697. The van der Waals surface area contributed by atoms with Crippen LogP contribution in [0.5, 0.6) is 0 Å². The molecular formula is C108H80BClN8. The van der Waals surface area contributed by atoms with Gasteiger partial charge < -0.3 is 39.2 Å². The van der Waals surface area contributed by atoms with E-state index in [0.29, 0.717) is 5.02 Å². The van der Waals surface area contributed by atoms with Crippen LogP contribution in [0, 0.1) is 0 Å². The third kappa shape index (κ3) is 14.5. The Morgan fingerprint density at radius 2 is 0.373 bits per heavy atom. The molecule has 0 aliphatic carbocycles. The molecule has 0 saturated heterocycles. The normalized spacial score (nSPS) is 11.6. The molecule has 18 aromatic rings. The monoisotopic (exact) mass is 1530 g/mol. The van der Waals surface area contributed by atoms with Crippen molar-refractivity contribution in [3.05, 3.63) is 490 Å². The first-order valence-corrected chi connectivity index (χ1v) is 40.3. The minimum Gasteiger partial charge on any atom is -0.311 e. The topological polar surface area (TPSA) is 25.9 Å². The summed E-state index contributed by atoms with van der Waals surface area (Å²) in [6.07, 6.45) is 0. The zero-order valence-corrected chi connectivity index (χ0v) is 65.5. The summed E-state index contributed by atoms with van der Waals surface area (Å²) in [4.78, 5) is 18.7. The van der Waals surface area contributed by atoms with Gasteiger partial charge >= 0.3 is 0 Å². The van der Waals surface area contributed by atoms with E-state index in [-0.39, 0.29) is 6.71 Å². The Morgan fingerprint density at radius 3 is 0.636 bits per heavy atom. The van der Waals surface area contributed by atoms with Crippen molar-refractivity contribution in [1.29, 1.82) is 0 Å². The molecule has 0 aromatic heterocycles. The number of benzene rings is 18. The fourth-order valence-electron chi connectivity index (χ4n) is 16.7. The fourth-order valence-corrected chi connectivity index (χ4v) is 17.0. The molecule has 2 heterocycles. The van der Waals surface area contributed by atoms with Crippen LogP contribution in [0.4, 0.5) is 136 Å². The fraction of sp³-hybridized carbons (Fsp3) is 0. The molecule has 0 spiro atoms. The summed E-state index contributed by atoms with van der Waals surface area (Å²) in [5.41, 5.74) is 29.4. The average molecular weight is 1540 g/mol. The molecule has 0 saturated carbocycles. The molecule has 2 aliphatic rings. The maximum Gasteiger partial charge on any atom is 0.252 e. The van der Waals surface area contributed by atoms with Gasteiger partial charge in [-0.2, -0.15) is 0 Å². The van der Waals surface area contributed by atoms with E-state index in [4.69, 9.17) is 11.6 Å². The summed E-state index contributed by atoms with van der Waals surface area (Å²) < 4.78 is 0. The molecule has 0 radical (unpaired) electrons. The van der Waals surface area contributed by atoms with Gasteiger partial charge in [-0.1, -0.05) is 266 Å². The second kappa shape index (κ2) is 33.4. The third-order valence-electron chi connectivity index (χ3n) is 21.8. The maximum atomic E-state index is 7.78. The van der Waals surface area contributed by atoms with Gasteiger partial charge in [-0.25, -0.2) is 0 Å². The van der Waals surface area contributed by atoms with Gasteiger partial charge in [0.15, 0.2) is 0 Å². The molecule has 20 rings (SSSR count). The van der Waals surface area contributed by atoms with E-state index in [2.05, 4.69) is 488 Å². The van der Waals surface area contributed by atoms with Crippen molar-refractivity contribution in [3.8, 4) is 0 Å². The van der Waals surface area contributed by atoms with Gasteiger partial charge in [0.1, 0.15) is 0 Å². The number of anilines is 24. The smallest absolute Gasteiger partial charge is 0.252 e. The average Bonchev–Trinajstić information content (AvgIpc) is 0.697. The molecule has 10 heteroatoms. The van der Waals surface area contributed by atoms with Crippen molar-refractivity contribution < 1.29 is 0 Å². The summed E-state index contributed by atoms with van der Waals surface area (Å²) >= 11 is 7.78. The highest BCUT2D eigenvalue weighted by atomic mass is 35.5. The van der Waals surface area contributed by atoms with Gasteiger partial charge in [0.05, 0.1) is 16.4 Å². The Bertz CT molecular complexity index is 5870. The van der Waals surface area contributed by atoms with E-state index >= 15 is 0 Å². The second-order valence-electron chi connectivity index (χ2n) is 29.0. The zero-order chi connectivity index (χ0) is 78.9. The van der Waals surface area contributed by atoms with E-state index < -0.39 is 0 Å². The van der Waals surface area contributed by atoms with Gasteiger partial charge in [-0.3, -0.25) is 0 Å². The van der Waals surface area contributed by atoms with E-state index in [0.717, 1.165) is 114 Å². The molecular weight excluding hydrogens is 1460 g/mol. The Hall–Kier alpha value is -15.3. The van der Waals surface area contributed by atoms with E-state index in [1.165, 1.54) is 39.1 Å². The lowest BCUT2D eigenvalue weighted by Gasteiger charge is -2.44. The van der Waals surface area contributed by atoms with Crippen LogP contribution in [0.1, 0.15) is 0 Å². The van der Waals surface area contributed by atoms with Crippen LogP contribution in [-0.4, -0.2) is 6.71 Å². The van der Waals surface area contributed by atoms with Crippen LogP contribution in [0.15, 0.2) is 485 Å². The molecule has 0 N–H and O–H groups in total. The van der Waals surface area contributed by atoms with Crippen molar-refractivity contribution in [1.82, 2.24) is 0 Å². The molecule has 0 fully saturated rings. The standard InChI is InChI=1S/C54H39BN4.C54H41ClN4/c1-7-20-40(21-8-1)56(41-22-9-2-10-23-41)46-34-36-48-52(38-46)58(44-28-15-5-16-29-44)50-32-19-33-51-54(50)55(48)49-37-35-47(39-53(49)59(51)45-30-17-6-18-31-45)57(42-24-11-3-12-25-42)43-26-13-4-14-27-43;55-54-52(58(46-30-15-5-16-31-46)50-36-19-34-48(40-50)56(42-22-7-1-8-23-42)43-24-9-2-10-25-43)38-21-39-53(54)59(47-32-17-6-18-33-47)51-37-20-35-49(41-51)57(44-26-11-3-12-27-44)45-28-13-4-14-29-45/h1-39H;1-41H. The Labute approximate surface area is 696 Å². The Morgan fingerprint density at radius 1 is 0.169 bits per heavy atom. The molecule has 18 aromatic carbocycles. The predicted molar refractivity (Wildman–Crippen MR) is 500 cm³/mol. The number of halogens is 1. The lowest BCUT2D eigenvalue weighted by molar-refractivity contribution is 1.23. The molecule has 8 nitrogen and oxygen atoms in total. The molecule has 0 bridgehead atoms. The van der Waals surface area contributed by atoms with Crippen LogP contribution >= 0.6 is 11.6 Å². The first-order valence-electron chi connectivity index (χ1n) is 40.0. The van der Waals surface area contributed by atoms with E-state index in [1.54, 1.807) is 0 Å². The summed E-state index contributed by atoms with van der Waals surface area (Å²) in [6, 6.07) is 172. The molecule has 118 heavy (non-hydrogen) atoms. The number of hydrogen-bond donors (Lipinski definition) is 0.